The molecular weight excluding hydrogens is 335 g/mol. The summed E-state index contributed by atoms with van der Waals surface area (Å²) in [6, 6.07) is 3.87. The van der Waals surface area contributed by atoms with Crippen molar-refractivity contribution >= 4 is 11.7 Å². The predicted octanol–water partition coefficient (Wildman–Crippen LogP) is 2.23. The molecule has 1 aliphatic rings. The number of amides is 1. The number of hydrogen-bond acceptors (Lipinski definition) is 4. The number of pyridine rings is 1. The zero-order chi connectivity index (χ0) is 18.0. The third-order valence-electron chi connectivity index (χ3n) is 4.23. The molecule has 0 unspecified atom stereocenters. The van der Waals surface area contributed by atoms with Crippen molar-refractivity contribution in [3.8, 4) is 0 Å². The molecule has 2 aromatic rings. The van der Waals surface area contributed by atoms with Gasteiger partial charge in [0, 0.05) is 26.2 Å². The molecule has 2 aromatic heterocycles. The lowest BCUT2D eigenvalue weighted by molar-refractivity contribution is -0.141. The van der Waals surface area contributed by atoms with Crippen LogP contribution in [0.25, 0.3) is 0 Å². The van der Waals surface area contributed by atoms with Gasteiger partial charge in [0.1, 0.15) is 17.2 Å². The third-order valence-corrected chi connectivity index (χ3v) is 4.23. The molecule has 0 radical (unpaired) electrons. The summed E-state index contributed by atoms with van der Waals surface area (Å²) in [5.41, 5.74) is -0.418. The molecule has 0 saturated carbocycles. The number of rotatable bonds is 3. The van der Waals surface area contributed by atoms with Gasteiger partial charge in [-0.1, -0.05) is 6.07 Å². The Balaban J connectivity index is 1.59. The summed E-state index contributed by atoms with van der Waals surface area (Å²) < 4.78 is 40.0. The lowest BCUT2D eigenvalue weighted by Gasteiger charge is -2.33. The first-order valence-electron chi connectivity index (χ1n) is 7.91. The predicted molar refractivity (Wildman–Crippen MR) is 85.1 cm³/mol. The maximum Gasteiger partial charge on any atom is 0.433 e. The van der Waals surface area contributed by atoms with Gasteiger partial charge in [-0.2, -0.15) is 13.2 Å². The second-order valence-corrected chi connectivity index (χ2v) is 6.00. The number of piperidine rings is 1. The molecule has 3 heterocycles. The molecule has 0 aromatic carbocycles. The fraction of sp³-hybridized carbons (Fsp3) is 0.438. The third kappa shape index (κ3) is 3.92. The van der Waals surface area contributed by atoms with Gasteiger partial charge in [-0.15, -0.1) is 0 Å². The minimum absolute atomic E-state index is 0.0237. The largest absolute Gasteiger partial charge is 0.433 e. The van der Waals surface area contributed by atoms with Crippen LogP contribution in [0.2, 0.25) is 0 Å². The first kappa shape index (κ1) is 17.2. The monoisotopic (exact) mass is 353 g/mol. The number of hydrogen-bond donors (Lipinski definition) is 1. The standard InChI is InChI=1S/C16H18F3N5O/c1-23-10-20-9-12(23)15(25)21-11-5-7-24(8-6-11)14-4-2-3-13(22-14)16(17,18)19/h2-4,9-11H,5-8H2,1H3,(H,21,25). The van der Waals surface area contributed by atoms with Crippen molar-refractivity contribution in [1.29, 1.82) is 0 Å². The molecule has 0 aliphatic carbocycles. The average molecular weight is 353 g/mol. The Hall–Kier alpha value is -2.58. The maximum atomic E-state index is 12.8. The molecule has 1 N–H and O–H groups in total. The number of imidazole rings is 1. The van der Waals surface area contributed by atoms with Crippen molar-refractivity contribution in [3.63, 3.8) is 0 Å². The SMILES string of the molecule is Cn1cncc1C(=O)NC1CCN(c2cccc(C(F)(F)F)n2)CC1. The first-order valence-corrected chi connectivity index (χ1v) is 7.91. The second-order valence-electron chi connectivity index (χ2n) is 6.00. The lowest BCUT2D eigenvalue weighted by Crippen LogP contribution is -2.45. The lowest BCUT2D eigenvalue weighted by atomic mass is 10.0. The minimum atomic E-state index is -4.45. The van der Waals surface area contributed by atoms with Crippen LogP contribution in [0.1, 0.15) is 29.0 Å². The summed E-state index contributed by atoms with van der Waals surface area (Å²) in [6.45, 7) is 1.06. The first-order chi connectivity index (χ1) is 11.8. The number of carbonyl (C=O) groups is 1. The second kappa shape index (κ2) is 6.73. The molecule has 1 fully saturated rings. The van der Waals surface area contributed by atoms with Gasteiger partial charge in [0.25, 0.3) is 5.91 Å². The summed E-state index contributed by atoms with van der Waals surface area (Å²) in [5.74, 6) is 0.113. The fourth-order valence-corrected chi connectivity index (χ4v) is 2.85. The Morgan fingerprint density at radius 1 is 1.28 bits per heavy atom. The van der Waals surface area contributed by atoms with Crippen molar-refractivity contribution < 1.29 is 18.0 Å². The van der Waals surface area contributed by atoms with Crippen molar-refractivity contribution in [1.82, 2.24) is 19.9 Å². The number of nitrogens with one attached hydrogen (secondary N) is 1. The van der Waals surface area contributed by atoms with Gasteiger partial charge < -0.3 is 14.8 Å². The van der Waals surface area contributed by atoms with E-state index in [1.807, 2.05) is 4.90 Å². The van der Waals surface area contributed by atoms with Crippen molar-refractivity contribution in [2.45, 2.75) is 25.1 Å². The Morgan fingerprint density at radius 2 is 2.00 bits per heavy atom. The number of anilines is 1. The molecule has 9 heteroatoms. The van der Waals surface area contributed by atoms with Crippen LogP contribution in [0.15, 0.2) is 30.7 Å². The molecule has 25 heavy (non-hydrogen) atoms. The van der Waals surface area contributed by atoms with E-state index in [0.29, 0.717) is 37.4 Å². The normalized spacial score (nSPS) is 16.1. The highest BCUT2D eigenvalue weighted by atomic mass is 19.4. The Bertz CT molecular complexity index is 750. The van der Waals surface area contributed by atoms with Gasteiger partial charge in [0.05, 0.1) is 12.5 Å². The van der Waals surface area contributed by atoms with Gasteiger partial charge in [0.2, 0.25) is 0 Å². The summed E-state index contributed by atoms with van der Waals surface area (Å²) in [4.78, 5) is 21.6. The smallest absolute Gasteiger partial charge is 0.356 e. The summed E-state index contributed by atoms with van der Waals surface area (Å²) in [5, 5.41) is 2.94. The molecule has 1 amide bonds. The Morgan fingerprint density at radius 3 is 2.60 bits per heavy atom. The van der Waals surface area contributed by atoms with E-state index >= 15 is 0 Å². The van der Waals surface area contributed by atoms with E-state index in [4.69, 9.17) is 0 Å². The number of aromatic nitrogens is 3. The van der Waals surface area contributed by atoms with Crippen LogP contribution < -0.4 is 10.2 Å². The number of aryl methyl sites for hydroxylation is 1. The quantitative estimate of drug-likeness (QED) is 0.919. The van der Waals surface area contributed by atoms with E-state index in [1.54, 1.807) is 24.0 Å². The van der Waals surface area contributed by atoms with Gasteiger partial charge in [-0.3, -0.25) is 4.79 Å². The van der Waals surface area contributed by atoms with Gasteiger partial charge in [-0.05, 0) is 25.0 Å². The molecule has 0 bridgehead atoms. The van der Waals surface area contributed by atoms with Crippen LogP contribution in [-0.2, 0) is 13.2 Å². The summed E-state index contributed by atoms with van der Waals surface area (Å²) >= 11 is 0. The van der Waals surface area contributed by atoms with E-state index in [9.17, 15) is 18.0 Å². The molecule has 1 saturated heterocycles. The molecule has 0 atom stereocenters. The van der Waals surface area contributed by atoms with Crippen LogP contribution in [-0.4, -0.2) is 39.6 Å². The van der Waals surface area contributed by atoms with E-state index in [-0.39, 0.29) is 11.9 Å². The van der Waals surface area contributed by atoms with E-state index in [2.05, 4.69) is 15.3 Å². The van der Waals surface area contributed by atoms with Crippen LogP contribution in [0, 0.1) is 0 Å². The number of nitrogens with zero attached hydrogens (tertiary/aromatic N) is 4. The topological polar surface area (TPSA) is 63.1 Å². The van der Waals surface area contributed by atoms with E-state index < -0.39 is 11.9 Å². The highest BCUT2D eigenvalue weighted by Crippen LogP contribution is 2.29. The Labute approximate surface area is 142 Å². The van der Waals surface area contributed by atoms with Crippen molar-refractivity contribution in [2.24, 2.45) is 7.05 Å². The zero-order valence-corrected chi connectivity index (χ0v) is 13.6. The number of halogens is 3. The van der Waals surface area contributed by atoms with Gasteiger partial charge >= 0.3 is 6.18 Å². The summed E-state index contributed by atoms with van der Waals surface area (Å²) in [7, 11) is 1.74. The van der Waals surface area contributed by atoms with Crippen molar-refractivity contribution in [2.75, 3.05) is 18.0 Å². The maximum absolute atomic E-state index is 12.8. The van der Waals surface area contributed by atoms with Crippen LogP contribution >= 0.6 is 0 Å². The molecular formula is C16H18F3N5O. The van der Waals surface area contributed by atoms with Crippen LogP contribution in [0.4, 0.5) is 19.0 Å². The highest BCUT2D eigenvalue weighted by Gasteiger charge is 2.33. The van der Waals surface area contributed by atoms with Gasteiger partial charge in [-0.25, -0.2) is 9.97 Å². The van der Waals surface area contributed by atoms with Gasteiger partial charge in [0.15, 0.2) is 0 Å². The molecule has 3 rings (SSSR count). The van der Waals surface area contributed by atoms with E-state index in [0.717, 1.165) is 6.07 Å². The minimum Gasteiger partial charge on any atom is -0.356 e. The zero-order valence-electron chi connectivity index (χ0n) is 13.6. The van der Waals surface area contributed by atoms with Crippen molar-refractivity contribution in [3.05, 3.63) is 42.1 Å². The highest BCUT2D eigenvalue weighted by molar-refractivity contribution is 5.92. The molecule has 0 spiro atoms. The summed E-state index contributed by atoms with van der Waals surface area (Å²) in [6.07, 6.45) is -0.123. The molecule has 1 aliphatic heterocycles. The average Bonchev–Trinajstić information content (AvgIpc) is 3.01. The number of carbonyl (C=O) groups excluding carboxylic acids is 1. The fourth-order valence-electron chi connectivity index (χ4n) is 2.85. The Kier molecular flexibility index (Phi) is 4.65. The van der Waals surface area contributed by atoms with E-state index in [1.165, 1.54) is 12.3 Å². The molecule has 6 nitrogen and oxygen atoms in total. The van der Waals surface area contributed by atoms with Crippen LogP contribution in [0.3, 0.4) is 0 Å². The van der Waals surface area contributed by atoms with Crippen LogP contribution in [0.5, 0.6) is 0 Å². The molecule has 134 valence electrons. The number of alkyl halides is 3.